The van der Waals surface area contributed by atoms with Gasteiger partial charge in [-0.15, -0.1) is 0 Å². The minimum atomic E-state index is 0.455. The minimum absolute atomic E-state index is 0.455. The van der Waals surface area contributed by atoms with E-state index in [1.165, 1.54) is 6.20 Å². The maximum Gasteiger partial charge on any atom is 0.219 e. The summed E-state index contributed by atoms with van der Waals surface area (Å²) < 4.78 is 5.59. The molecule has 0 spiro atoms. The fraction of sp³-hybridized carbons (Fsp3) is 0.0769. The molecule has 0 radical (unpaired) electrons. The number of pyridine rings is 1. The zero-order valence-corrected chi connectivity index (χ0v) is 9.34. The number of ether oxygens (including phenoxy) is 1. The molecule has 1 aromatic heterocycles. The zero-order valence-electron chi connectivity index (χ0n) is 9.34. The van der Waals surface area contributed by atoms with Crippen LogP contribution >= 0.6 is 0 Å². The number of nitrogen functional groups attached to an aromatic ring is 1. The molecular weight excluding hydrogens is 214 g/mol. The average Bonchev–Trinajstić information content (AvgIpc) is 2.34. The fourth-order valence-corrected chi connectivity index (χ4v) is 1.41. The van der Waals surface area contributed by atoms with E-state index in [1.807, 2.05) is 19.1 Å². The molecule has 0 atom stereocenters. The lowest BCUT2D eigenvalue weighted by Gasteiger charge is -2.08. The van der Waals surface area contributed by atoms with Crippen LogP contribution in [0.3, 0.4) is 0 Å². The van der Waals surface area contributed by atoms with Gasteiger partial charge < -0.3 is 10.5 Å². The van der Waals surface area contributed by atoms with Crippen LogP contribution in [0.2, 0.25) is 0 Å². The first-order valence-corrected chi connectivity index (χ1v) is 5.09. The van der Waals surface area contributed by atoms with Crippen LogP contribution in [0.5, 0.6) is 11.6 Å². The first-order chi connectivity index (χ1) is 8.19. The molecule has 2 N–H and O–H groups in total. The number of hydrogen-bond donors (Lipinski definition) is 1. The predicted molar refractivity (Wildman–Crippen MR) is 64.6 cm³/mol. The summed E-state index contributed by atoms with van der Waals surface area (Å²) in [5, 5.41) is 8.65. The van der Waals surface area contributed by atoms with Gasteiger partial charge in [-0.25, -0.2) is 4.98 Å². The highest BCUT2D eigenvalue weighted by atomic mass is 16.5. The van der Waals surface area contributed by atoms with Crippen LogP contribution in [0.25, 0.3) is 0 Å². The highest BCUT2D eigenvalue weighted by Gasteiger charge is 2.02. The van der Waals surface area contributed by atoms with Gasteiger partial charge in [0.15, 0.2) is 0 Å². The number of anilines is 1. The van der Waals surface area contributed by atoms with E-state index in [2.05, 4.69) is 4.98 Å². The van der Waals surface area contributed by atoms with Crippen molar-refractivity contribution in [1.82, 2.24) is 4.98 Å². The predicted octanol–water partition coefficient (Wildman–Crippen LogP) is 2.64. The maximum atomic E-state index is 8.65. The first-order valence-electron chi connectivity index (χ1n) is 5.09. The van der Waals surface area contributed by atoms with Gasteiger partial charge in [0, 0.05) is 18.0 Å². The molecule has 84 valence electrons. The number of nitrogens with zero attached hydrogens (tertiary/aromatic N) is 2. The molecule has 2 rings (SSSR count). The summed E-state index contributed by atoms with van der Waals surface area (Å²) in [4.78, 5) is 4.03. The van der Waals surface area contributed by atoms with Gasteiger partial charge in [-0.3, -0.25) is 0 Å². The Morgan fingerprint density at radius 2 is 2.12 bits per heavy atom. The van der Waals surface area contributed by atoms with E-state index in [0.717, 1.165) is 5.56 Å². The van der Waals surface area contributed by atoms with Gasteiger partial charge in [-0.1, -0.05) is 0 Å². The number of benzene rings is 1. The number of nitrogens with two attached hydrogens (primary N) is 1. The molecule has 2 aromatic rings. The third kappa shape index (κ3) is 2.52. The molecule has 0 fully saturated rings. The fourth-order valence-electron chi connectivity index (χ4n) is 1.41. The van der Waals surface area contributed by atoms with E-state index < -0.39 is 0 Å². The SMILES string of the molecule is Cc1cc(N)ccc1Oc1ccc(C#N)cn1. The van der Waals surface area contributed by atoms with Crippen LogP contribution in [0.1, 0.15) is 11.1 Å². The van der Waals surface area contributed by atoms with Crippen molar-refractivity contribution in [2.24, 2.45) is 0 Å². The molecule has 4 nitrogen and oxygen atoms in total. The molecule has 17 heavy (non-hydrogen) atoms. The van der Waals surface area contributed by atoms with Gasteiger partial charge in [0.1, 0.15) is 11.8 Å². The van der Waals surface area contributed by atoms with Crippen LogP contribution < -0.4 is 10.5 Å². The Morgan fingerprint density at radius 3 is 2.71 bits per heavy atom. The van der Waals surface area contributed by atoms with Crippen molar-refractivity contribution in [2.45, 2.75) is 6.92 Å². The van der Waals surface area contributed by atoms with Crippen LogP contribution in [0, 0.1) is 18.3 Å². The number of aromatic nitrogens is 1. The van der Waals surface area contributed by atoms with Crippen molar-refractivity contribution >= 4 is 5.69 Å². The summed E-state index contributed by atoms with van der Waals surface area (Å²) in [7, 11) is 0. The summed E-state index contributed by atoms with van der Waals surface area (Å²) in [5.41, 5.74) is 7.80. The van der Waals surface area contributed by atoms with Crippen molar-refractivity contribution in [2.75, 3.05) is 5.73 Å². The topological polar surface area (TPSA) is 71.9 Å². The summed E-state index contributed by atoms with van der Waals surface area (Å²) >= 11 is 0. The number of aryl methyl sites for hydroxylation is 1. The molecule has 0 bridgehead atoms. The van der Waals surface area contributed by atoms with Crippen molar-refractivity contribution in [3.8, 4) is 17.7 Å². The Bertz CT molecular complexity index is 570. The molecule has 0 aliphatic carbocycles. The van der Waals surface area contributed by atoms with Crippen LogP contribution in [-0.4, -0.2) is 4.98 Å². The van der Waals surface area contributed by atoms with E-state index in [4.69, 9.17) is 15.7 Å². The van der Waals surface area contributed by atoms with Crippen molar-refractivity contribution in [3.05, 3.63) is 47.7 Å². The van der Waals surface area contributed by atoms with Crippen molar-refractivity contribution < 1.29 is 4.74 Å². The summed E-state index contributed by atoms with van der Waals surface area (Å²) in [6, 6.07) is 10.7. The second-order valence-electron chi connectivity index (χ2n) is 3.62. The molecule has 0 aliphatic heterocycles. The lowest BCUT2D eigenvalue weighted by Crippen LogP contribution is -1.92. The van der Waals surface area contributed by atoms with Gasteiger partial charge in [0.2, 0.25) is 5.88 Å². The van der Waals surface area contributed by atoms with E-state index in [-0.39, 0.29) is 0 Å². The van der Waals surface area contributed by atoms with Gasteiger partial charge in [-0.2, -0.15) is 5.26 Å². The lowest BCUT2D eigenvalue weighted by atomic mass is 10.2. The highest BCUT2D eigenvalue weighted by Crippen LogP contribution is 2.25. The van der Waals surface area contributed by atoms with Crippen LogP contribution in [0.4, 0.5) is 5.69 Å². The van der Waals surface area contributed by atoms with Gasteiger partial charge in [0.05, 0.1) is 5.56 Å². The first kappa shape index (κ1) is 11.0. The molecule has 0 amide bonds. The molecule has 1 aromatic carbocycles. The molecule has 4 heteroatoms. The molecule has 1 heterocycles. The molecule has 0 aliphatic rings. The van der Waals surface area contributed by atoms with Gasteiger partial charge in [-0.05, 0) is 36.8 Å². The molecule has 0 unspecified atom stereocenters. The van der Waals surface area contributed by atoms with Gasteiger partial charge in [0.25, 0.3) is 0 Å². The third-order valence-electron chi connectivity index (χ3n) is 2.28. The second kappa shape index (κ2) is 4.54. The number of rotatable bonds is 2. The quantitative estimate of drug-likeness (QED) is 0.797. The van der Waals surface area contributed by atoms with Gasteiger partial charge >= 0.3 is 0 Å². The standard InChI is InChI=1S/C13H11N3O/c1-9-6-11(15)3-4-12(9)17-13-5-2-10(7-14)8-16-13/h2-6,8H,15H2,1H3. The van der Waals surface area contributed by atoms with Crippen LogP contribution in [-0.2, 0) is 0 Å². The number of hydrogen-bond acceptors (Lipinski definition) is 4. The Hall–Kier alpha value is -2.54. The summed E-state index contributed by atoms with van der Waals surface area (Å²) in [6.45, 7) is 1.91. The summed E-state index contributed by atoms with van der Waals surface area (Å²) in [6.07, 6.45) is 1.47. The monoisotopic (exact) mass is 225 g/mol. The van der Waals surface area contributed by atoms with E-state index in [1.54, 1.807) is 24.3 Å². The zero-order chi connectivity index (χ0) is 12.3. The number of nitriles is 1. The Balaban J connectivity index is 2.23. The second-order valence-corrected chi connectivity index (χ2v) is 3.62. The van der Waals surface area contributed by atoms with Crippen molar-refractivity contribution in [3.63, 3.8) is 0 Å². The highest BCUT2D eigenvalue weighted by molar-refractivity contribution is 5.48. The maximum absolute atomic E-state index is 8.65. The Morgan fingerprint density at radius 1 is 1.29 bits per heavy atom. The smallest absolute Gasteiger partial charge is 0.219 e. The Kier molecular flexibility index (Phi) is 2.93. The van der Waals surface area contributed by atoms with E-state index in [0.29, 0.717) is 22.9 Å². The van der Waals surface area contributed by atoms with E-state index >= 15 is 0 Å². The van der Waals surface area contributed by atoms with E-state index in [9.17, 15) is 0 Å². The molecule has 0 saturated heterocycles. The largest absolute Gasteiger partial charge is 0.439 e. The van der Waals surface area contributed by atoms with Crippen LogP contribution in [0.15, 0.2) is 36.5 Å². The Labute approximate surface area is 99.3 Å². The third-order valence-corrected chi connectivity index (χ3v) is 2.28. The van der Waals surface area contributed by atoms with Crippen molar-refractivity contribution in [1.29, 1.82) is 5.26 Å². The molecule has 0 saturated carbocycles. The minimum Gasteiger partial charge on any atom is -0.439 e. The summed E-state index contributed by atoms with van der Waals surface area (Å²) in [5.74, 6) is 1.16. The average molecular weight is 225 g/mol. The normalized spacial score (nSPS) is 9.65. The molecular formula is C13H11N3O. The lowest BCUT2D eigenvalue weighted by molar-refractivity contribution is 0.459.